The van der Waals surface area contributed by atoms with Crippen LogP contribution in [0.2, 0.25) is 0 Å². The summed E-state index contributed by atoms with van der Waals surface area (Å²) >= 11 is 0. The van der Waals surface area contributed by atoms with Crippen molar-refractivity contribution in [3.05, 3.63) is 0 Å². The fraction of sp³-hybridized carbons (Fsp3) is 0.900. The molecule has 0 saturated carbocycles. The van der Waals surface area contributed by atoms with E-state index in [1.807, 2.05) is 0 Å². The number of carbonyl (C=O) groups is 1. The van der Waals surface area contributed by atoms with E-state index in [0.717, 1.165) is 4.90 Å². The minimum absolute atomic E-state index is 0.0194. The molecule has 0 bridgehead atoms. The summed E-state index contributed by atoms with van der Waals surface area (Å²) in [5, 5.41) is 2.54. The zero-order valence-corrected chi connectivity index (χ0v) is 10.6. The maximum Gasteiger partial charge on any atom is 0.401 e. The van der Waals surface area contributed by atoms with Crippen LogP contribution in [0.5, 0.6) is 0 Å². The zero-order valence-electron chi connectivity index (χ0n) is 10.6. The molecule has 0 fully saturated rings. The minimum atomic E-state index is -4.34. The number of alkyl halides is 3. The quantitative estimate of drug-likeness (QED) is 0.650. The molecule has 0 aliphatic heterocycles. The summed E-state index contributed by atoms with van der Waals surface area (Å²) in [5.41, 5.74) is 5.21. The molecular formula is C10H20F3N3O2. The molecule has 5 nitrogen and oxygen atoms in total. The molecule has 0 aliphatic rings. The Balaban J connectivity index is 4.19. The Morgan fingerprint density at radius 1 is 1.50 bits per heavy atom. The molecule has 0 heterocycles. The molecule has 0 spiro atoms. The highest BCUT2D eigenvalue weighted by atomic mass is 19.4. The lowest BCUT2D eigenvalue weighted by atomic mass is 10.3. The zero-order chi connectivity index (χ0) is 14.2. The molecule has 0 radical (unpaired) electrons. The molecule has 3 N–H and O–H groups in total. The Bertz CT molecular complexity index is 249. The van der Waals surface area contributed by atoms with Gasteiger partial charge in [-0.15, -0.1) is 0 Å². The van der Waals surface area contributed by atoms with E-state index in [9.17, 15) is 18.0 Å². The third-order valence-corrected chi connectivity index (χ3v) is 2.04. The van der Waals surface area contributed by atoms with Crippen LogP contribution in [-0.4, -0.2) is 62.9 Å². The van der Waals surface area contributed by atoms with Gasteiger partial charge in [0.25, 0.3) is 0 Å². The summed E-state index contributed by atoms with van der Waals surface area (Å²) in [6.07, 6.45) is -4.34. The Morgan fingerprint density at radius 3 is 2.56 bits per heavy atom. The molecular weight excluding hydrogens is 251 g/mol. The van der Waals surface area contributed by atoms with Crippen molar-refractivity contribution in [1.82, 2.24) is 10.2 Å². The lowest BCUT2D eigenvalue weighted by Gasteiger charge is -2.23. The number of amides is 1. The summed E-state index contributed by atoms with van der Waals surface area (Å²) in [6.45, 7) is 0.629. The second-order valence-corrected chi connectivity index (χ2v) is 4.04. The van der Waals surface area contributed by atoms with E-state index < -0.39 is 18.6 Å². The predicted molar refractivity (Wildman–Crippen MR) is 61.0 cm³/mol. The van der Waals surface area contributed by atoms with Gasteiger partial charge in [-0.05, 0) is 6.92 Å². The van der Waals surface area contributed by atoms with E-state index in [1.165, 1.54) is 7.11 Å². The van der Waals surface area contributed by atoms with Crippen molar-refractivity contribution >= 4 is 5.91 Å². The van der Waals surface area contributed by atoms with Crippen LogP contribution in [0.25, 0.3) is 0 Å². The van der Waals surface area contributed by atoms with Crippen molar-refractivity contribution in [2.75, 3.05) is 39.9 Å². The van der Waals surface area contributed by atoms with Crippen molar-refractivity contribution in [2.24, 2.45) is 5.73 Å². The van der Waals surface area contributed by atoms with Crippen molar-refractivity contribution in [3.8, 4) is 0 Å². The van der Waals surface area contributed by atoms with Crippen molar-refractivity contribution in [2.45, 2.75) is 19.1 Å². The predicted octanol–water partition coefficient (Wildman–Crippen LogP) is -0.0395. The number of rotatable bonds is 8. The smallest absolute Gasteiger partial charge is 0.383 e. The van der Waals surface area contributed by atoms with Gasteiger partial charge < -0.3 is 15.8 Å². The maximum absolute atomic E-state index is 12.2. The van der Waals surface area contributed by atoms with Crippen molar-refractivity contribution < 1.29 is 22.7 Å². The second kappa shape index (κ2) is 8.28. The van der Waals surface area contributed by atoms with E-state index in [1.54, 1.807) is 6.92 Å². The molecule has 1 unspecified atom stereocenters. The van der Waals surface area contributed by atoms with Crippen molar-refractivity contribution in [1.29, 1.82) is 0 Å². The van der Waals surface area contributed by atoms with Gasteiger partial charge in [-0.25, -0.2) is 0 Å². The van der Waals surface area contributed by atoms with Crippen LogP contribution in [0, 0.1) is 0 Å². The molecule has 0 aromatic rings. The number of hydrogen-bond donors (Lipinski definition) is 2. The molecule has 0 saturated heterocycles. The molecule has 108 valence electrons. The number of nitrogens with zero attached hydrogens (tertiary/aromatic N) is 1. The Morgan fingerprint density at radius 2 is 2.11 bits per heavy atom. The average Bonchev–Trinajstić information content (AvgIpc) is 2.14. The van der Waals surface area contributed by atoms with Gasteiger partial charge in [-0.1, -0.05) is 0 Å². The van der Waals surface area contributed by atoms with Crippen LogP contribution in [0.4, 0.5) is 13.2 Å². The van der Waals surface area contributed by atoms with Gasteiger partial charge in [0, 0.05) is 26.2 Å². The number of ether oxygens (including phenoxy) is 1. The van der Waals surface area contributed by atoms with Crippen LogP contribution in [-0.2, 0) is 9.53 Å². The van der Waals surface area contributed by atoms with Gasteiger partial charge in [0.05, 0.1) is 19.7 Å². The minimum Gasteiger partial charge on any atom is -0.383 e. The van der Waals surface area contributed by atoms with Gasteiger partial charge in [-0.3, -0.25) is 9.69 Å². The molecule has 0 aliphatic carbocycles. The summed E-state index contributed by atoms with van der Waals surface area (Å²) < 4.78 is 41.5. The van der Waals surface area contributed by atoms with Gasteiger partial charge in [0.2, 0.25) is 5.91 Å². The number of halogens is 3. The Labute approximate surface area is 104 Å². The van der Waals surface area contributed by atoms with Gasteiger partial charge in [0.15, 0.2) is 0 Å². The van der Waals surface area contributed by atoms with E-state index in [2.05, 4.69) is 5.32 Å². The molecule has 1 amide bonds. The van der Waals surface area contributed by atoms with E-state index in [4.69, 9.17) is 10.5 Å². The SMILES string of the molecule is COCC(C)NC(=O)CN(CCN)CC(F)(F)F. The van der Waals surface area contributed by atoms with Crippen molar-refractivity contribution in [3.63, 3.8) is 0 Å². The third-order valence-electron chi connectivity index (χ3n) is 2.04. The second-order valence-electron chi connectivity index (χ2n) is 4.04. The lowest BCUT2D eigenvalue weighted by Crippen LogP contribution is -2.46. The first-order valence-corrected chi connectivity index (χ1v) is 5.56. The summed E-state index contributed by atoms with van der Waals surface area (Å²) in [5.74, 6) is -0.475. The molecule has 8 heteroatoms. The first kappa shape index (κ1) is 17.1. The largest absolute Gasteiger partial charge is 0.401 e. The van der Waals surface area contributed by atoms with E-state index in [0.29, 0.717) is 6.61 Å². The highest BCUT2D eigenvalue weighted by Gasteiger charge is 2.31. The summed E-state index contributed by atoms with van der Waals surface area (Å²) in [6, 6.07) is -0.242. The van der Waals surface area contributed by atoms with Crippen LogP contribution in [0.15, 0.2) is 0 Å². The van der Waals surface area contributed by atoms with Crippen LogP contribution < -0.4 is 11.1 Å². The standard InChI is InChI=1S/C10H20F3N3O2/c1-8(6-18-2)15-9(17)5-16(4-3-14)7-10(11,12)13/h8H,3-7,14H2,1-2H3,(H,15,17). The topological polar surface area (TPSA) is 67.6 Å². The Kier molecular flexibility index (Phi) is 7.88. The molecule has 1 atom stereocenters. The first-order chi connectivity index (χ1) is 8.28. The van der Waals surface area contributed by atoms with Crippen LogP contribution >= 0.6 is 0 Å². The average molecular weight is 271 g/mol. The summed E-state index contributed by atoms with van der Waals surface area (Å²) in [4.78, 5) is 12.4. The lowest BCUT2D eigenvalue weighted by molar-refractivity contribution is -0.148. The van der Waals surface area contributed by atoms with Gasteiger partial charge in [-0.2, -0.15) is 13.2 Å². The fourth-order valence-electron chi connectivity index (χ4n) is 1.47. The number of carbonyl (C=O) groups excluding carboxylic acids is 1. The third kappa shape index (κ3) is 9.20. The summed E-state index contributed by atoms with van der Waals surface area (Å²) in [7, 11) is 1.48. The monoisotopic (exact) mass is 271 g/mol. The Hall–Kier alpha value is -0.860. The number of hydrogen-bond acceptors (Lipinski definition) is 4. The van der Waals surface area contributed by atoms with Gasteiger partial charge in [0.1, 0.15) is 0 Å². The highest BCUT2D eigenvalue weighted by molar-refractivity contribution is 5.78. The normalized spacial score (nSPS) is 13.7. The van der Waals surface area contributed by atoms with Crippen LogP contribution in [0.1, 0.15) is 6.92 Å². The van der Waals surface area contributed by atoms with Crippen LogP contribution in [0.3, 0.4) is 0 Å². The molecule has 0 rings (SSSR count). The van der Waals surface area contributed by atoms with Gasteiger partial charge >= 0.3 is 6.18 Å². The van der Waals surface area contributed by atoms with E-state index >= 15 is 0 Å². The highest BCUT2D eigenvalue weighted by Crippen LogP contribution is 2.15. The molecule has 0 aromatic heterocycles. The number of nitrogens with one attached hydrogen (secondary N) is 1. The van der Waals surface area contributed by atoms with E-state index in [-0.39, 0.29) is 25.7 Å². The number of methoxy groups -OCH3 is 1. The first-order valence-electron chi connectivity index (χ1n) is 5.56. The molecule has 0 aromatic carbocycles. The number of nitrogens with two attached hydrogens (primary N) is 1. The maximum atomic E-state index is 12.2. The molecule has 18 heavy (non-hydrogen) atoms. The fourth-order valence-corrected chi connectivity index (χ4v) is 1.47.